The van der Waals surface area contributed by atoms with Gasteiger partial charge in [-0.25, -0.2) is 0 Å². The van der Waals surface area contributed by atoms with E-state index in [-0.39, 0.29) is 30.0 Å². The summed E-state index contributed by atoms with van der Waals surface area (Å²) >= 11 is 0. The smallest absolute Gasteiger partial charge is 0.191 e. The van der Waals surface area contributed by atoms with E-state index in [1.165, 1.54) is 5.56 Å². The van der Waals surface area contributed by atoms with Crippen molar-refractivity contribution >= 4 is 29.9 Å². The molecule has 0 spiro atoms. The van der Waals surface area contributed by atoms with Crippen LogP contribution in [0.4, 0.5) is 0 Å². The molecule has 7 heteroatoms. The minimum Gasteiger partial charge on any atom is -0.381 e. The lowest BCUT2D eigenvalue weighted by Crippen LogP contribution is -2.45. The zero-order valence-corrected chi connectivity index (χ0v) is 19.3. The maximum absolute atomic E-state index is 5.53. The van der Waals surface area contributed by atoms with E-state index < -0.39 is 0 Å². The number of aliphatic imine (C=N–C) groups is 1. The van der Waals surface area contributed by atoms with Crippen molar-refractivity contribution in [2.75, 3.05) is 59.7 Å². The van der Waals surface area contributed by atoms with E-state index >= 15 is 0 Å². The highest BCUT2D eigenvalue weighted by Crippen LogP contribution is 2.27. The third-order valence-corrected chi connectivity index (χ3v) is 5.47. The Bertz CT molecular complexity index is 561. The van der Waals surface area contributed by atoms with Crippen molar-refractivity contribution in [1.82, 2.24) is 15.5 Å². The van der Waals surface area contributed by atoms with Gasteiger partial charge in [-0.3, -0.25) is 9.89 Å². The van der Waals surface area contributed by atoms with E-state index in [9.17, 15) is 0 Å². The van der Waals surface area contributed by atoms with Crippen molar-refractivity contribution in [3.05, 3.63) is 35.9 Å². The van der Waals surface area contributed by atoms with Gasteiger partial charge in [-0.2, -0.15) is 0 Å². The van der Waals surface area contributed by atoms with Gasteiger partial charge in [-0.1, -0.05) is 30.3 Å². The van der Waals surface area contributed by atoms with Crippen LogP contribution in [0.15, 0.2) is 35.3 Å². The van der Waals surface area contributed by atoms with Gasteiger partial charge in [0.15, 0.2) is 5.96 Å². The van der Waals surface area contributed by atoms with Crippen LogP contribution in [-0.4, -0.2) is 70.5 Å². The van der Waals surface area contributed by atoms with E-state index in [0.29, 0.717) is 5.92 Å². The molecule has 0 aliphatic carbocycles. The van der Waals surface area contributed by atoms with Crippen LogP contribution < -0.4 is 10.6 Å². The number of morpholine rings is 1. The summed E-state index contributed by atoms with van der Waals surface area (Å²) in [4.78, 5) is 6.89. The van der Waals surface area contributed by atoms with Gasteiger partial charge < -0.3 is 20.1 Å². The normalized spacial score (nSPS) is 20.2. The fourth-order valence-electron chi connectivity index (χ4n) is 3.80. The van der Waals surface area contributed by atoms with Crippen molar-refractivity contribution in [3.8, 4) is 0 Å². The van der Waals surface area contributed by atoms with Gasteiger partial charge in [-0.15, -0.1) is 24.0 Å². The Hall–Kier alpha value is -0.900. The molecule has 2 heterocycles. The maximum Gasteiger partial charge on any atom is 0.191 e. The van der Waals surface area contributed by atoms with E-state index in [4.69, 9.17) is 9.47 Å². The number of ether oxygens (including phenoxy) is 2. The summed E-state index contributed by atoms with van der Waals surface area (Å²) in [6, 6.07) is 11.0. The number of nitrogens with zero attached hydrogens (tertiary/aromatic N) is 2. The van der Waals surface area contributed by atoms with Crippen LogP contribution in [0.3, 0.4) is 0 Å². The van der Waals surface area contributed by atoms with E-state index in [1.807, 2.05) is 7.05 Å². The predicted molar refractivity (Wildman–Crippen MR) is 125 cm³/mol. The van der Waals surface area contributed by atoms with Gasteiger partial charge in [0.25, 0.3) is 0 Å². The maximum atomic E-state index is 5.53. The van der Waals surface area contributed by atoms with Crippen LogP contribution in [0.5, 0.6) is 0 Å². The molecule has 28 heavy (non-hydrogen) atoms. The number of benzene rings is 1. The molecule has 0 saturated carbocycles. The summed E-state index contributed by atoms with van der Waals surface area (Å²) in [7, 11) is 1.85. The summed E-state index contributed by atoms with van der Waals surface area (Å²) in [5, 5.41) is 7.15. The Morgan fingerprint density at radius 1 is 1.11 bits per heavy atom. The third-order valence-electron chi connectivity index (χ3n) is 5.47. The first-order valence-corrected chi connectivity index (χ1v) is 10.2. The van der Waals surface area contributed by atoms with Crippen LogP contribution in [0, 0.1) is 5.92 Å². The molecule has 1 atom stereocenters. The SMILES string of the molecule is CN=C(NCCN1CCOCC1)NC(CC1CCOCC1)c1ccccc1.I. The average molecular weight is 502 g/mol. The first-order chi connectivity index (χ1) is 13.3. The quantitative estimate of drug-likeness (QED) is 0.341. The van der Waals surface area contributed by atoms with Gasteiger partial charge >= 0.3 is 0 Å². The lowest BCUT2D eigenvalue weighted by Gasteiger charge is -2.29. The Morgan fingerprint density at radius 2 is 1.79 bits per heavy atom. The number of hydrogen-bond donors (Lipinski definition) is 2. The molecule has 3 rings (SSSR count). The summed E-state index contributed by atoms with van der Waals surface area (Å²) in [5.41, 5.74) is 1.32. The van der Waals surface area contributed by atoms with Crippen molar-refractivity contribution < 1.29 is 9.47 Å². The van der Waals surface area contributed by atoms with E-state index in [0.717, 1.165) is 77.8 Å². The molecule has 6 nitrogen and oxygen atoms in total. The van der Waals surface area contributed by atoms with Crippen molar-refractivity contribution in [2.45, 2.75) is 25.3 Å². The van der Waals surface area contributed by atoms with Gasteiger partial charge in [0, 0.05) is 46.4 Å². The molecule has 0 aromatic heterocycles. The van der Waals surface area contributed by atoms with Gasteiger partial charge in [0.05, 0.1) is 19.3 Å². The highest BCUT2D eigenvalue weighted by atomic mass is 127. The predicted octanol–water partition coefficient (Wildman–Crippen LogP) is 2.66. The molecule has 0 radical (unpaired) electrons. The zero-order valence-electron chi connectivity index (χ0n) is 16.9. The van der Waals surface area contributed by atoms with E-state index in [1.54, 1.807) is 0 Å². The fraction of sp³-hybridized carbons (Fsp3) is 0.667. The minimum atomic E-state index is 0. The van der Waals surface area contributed by atoms with E-state index in [2.05, 4.69) is 50.9 Å². The zero-order chi connectivity index (χ0) is 18.7. The molecular formula is C21H35IN4O2. The van der Waals surface area contributed by atoms with Crippen molar-refractivity contribution in [3.63, 3.8) is 0 Å². The highest BCUT2D eigenvalue weighted by Gasteiger charge is 2.21. The number of rotatable bonds is 7. The molecule has 1 unspecified atom stereocenters. The Balaban J connectivity index is 0.00000280. The van der Waals surface area contributed by atoms with Gasteiger partial charge in [0.2, 0.25) is 0 Å². The molecular weight excluding hydrogens is 467 g/mol. The van der Waals surface area contributed by atoms with Crippen LogP contribution in [0.1, 0.15) is 30.9 Å². The second-order valence-electron chi connectivity index (χ2n) is 7.35. The number of hydrogen-bond acceptors (Lipinski definition) is 4. The van der Waals surface area contributed by atoms with Crippen LogP contribution in [-0.2, 0) is 9.47 Å². The van der Waals surface area contributed by atoms with Crippen LogP contribution in [0.2, 0.25) is 0 Å². The Morgan fingerprint density at radius 3 is 2.46 bits per heavy atom. The minimum absolute atomic E-state index is 0. The second-order valence-corrected chi connectivity index (χ2v) is 7.35. The summed E-state index contributed by atoms with van der Waals surface area (Å²) in [6.07, 6.45) is 3.40. The molecule has 1 aromatic carbocycles. The fourth-order valence-corrected chi connectivity index (χ4v) is 3.80. The molecule has 158 valence electrons. The molecule has 2 saturated heterocycles. The standard InChI is InChI=1S/C21H34N4O2.HI/c1-22-21(23-9-10-25-11-15-27-16-12-25)24-20(19-5-3-2-4-6-19)17-18-7-13-26-14-8-18;/h2-6,18,20H,7-17H2,1H3,(H2,22,23,24);1H. The summed E-state index contributed by atoms with van der Waals surface area (Å²) in [5.74, 6) is 1.58. The topological polar surface area (TPSA) is 58.1 Å². The van der Waals surface area contributed by atoms with Crippen molar-refractivity contribution in [1.29, 1.82) is 0 Å². The van der Waals surface area contributed by atoms with Crippen LogP contribution >= 0.6 is 24.0 Å². The molecule has 2 fully saturated rings. The lowest BCUT2D eigenvalue weighted by atomic mass is 9.89. The molecule has 1 aromatic rings. The molecule has 2 aliphatic rings. The first kappa shape index (κ1) is 23.4. The monoisotopic (exact) mass is 502 g/mol. The van der Waals surface area contributed by atoms with Gasteiger partial charge in [-0.05, 0) is 30.7 Å². The molecule has 0 bridgehead atoms. The second kappa shape index (κ2) is 13.3. The molecule has 2 aliphatic heterocycles. The summed E-state index contributed by atoms with van der Waals surface area (Å²) < 4.78 is 10.9. The van der Waals surface area contributed by atoms with Gasteiger partial charge in [0.1, 0.15) is 0 Å². The number of nitrogens with one attached hydrogen (secondary N) is 2. The van der Waals surface area contributed by atoms with Crippen LogP contribution in [0.25, 0.3) is 0 Å². The lowest BCUT2D eigenvalue weighted by molar-refractivity contribution is 0.0389. The van der Waals surface area contributed by atoms with Crippen molar-refractivity contribution in [2.24, 2.45) is 10.9 Å². The Kier molecular flexibility index (Phi) is 11.1. The first-order valence-electron chi connectivity index (χ1n) is 10.2. The summed E-state index contributed by atoms with van der Waals surface area (Å²) in [6.45, 7) is 7.40. The number of guanidine groups is 1. The Labute approximate surface area is 186 Å². The molecule has 0 amide bonds. The highest BCUT2D eigenvalue weighted by molar-refractivity contribution is 14.0. The third kappa shape index (κ3) is 7.85. The number of halogens is 1. The largest absolute Gasteiger partial charge is 0.381 e. The average Bonchev–Trinajstić information content (AvgIpc) is 2.74. The molecule has 2 N–H and O–H groups in total.